The lowest BCUT2D eigenvalue weighted by Crippen LogP contribution is -2.23. The quantitative estimate of drug-likeness (QED) is 0.401. The van der Waals surface area contributed by atoms with Gasteiger partial charge in [-0.25, -0.2) is 13.4 Å². The van der Waals surface area contributed by atoms with Crippen molar-refractivity contribution in [3.8, 4) is 5.88 Å². The van der Waals surface area contributed by atoms with Crippen LogP contribution in [-0.2, 0) is 16.6 Å². The summed E-state index contributed by atoms with van der Waals surface area (Å²) in [7, 11) is -2.35. The maximum atomic E-state index is 12.7. The van der Waals surface area contributed by atoms with Gasteiger partial charge in [0.25, 0.3) is 15.9 Å². The van der Waals surface area contributed by atoms with Crippen LogP contribution in [0.15, 0.2) is 65.7 Å². The number of carbonyl (C=O) groups is 1. The van der Waals surface area contributed by atoms with E-state index in [0.717, 1.165) is 5.56 Å². The minimum absolute atomic E-state index is 0.0377. The third-order valence-corrected chi connectivity index (χ3v) is 5.81. The Hall–Kier alpha value is -3.99. The molecule has 0 saturated carbocycles. The van der Waals surface area contributed by atoms with Crippen molar-refractivity contribution in [2.45, 2.75) is 11.4 Å². The zero-order valence-electron chi connectivity index (χ0n) is 16.4. The number of amides is 1. The van der Waals surface area contributed by atoms with Crippen molar-refractivity contribution < 1.29 is 17.9 Å². The van der Waals surface area contributed by atoms with Gasteiger partial charge in [0.05, 0.1) is 12.0 Å². The molecule has 2 aromatic heterocycles. The third kappa shape index (κ3) is 4.61. The fraction of sp³-hybridized carbons (Fsp3) is 0.100. The van der Waals surface area contributed by atoms with E-state index in [-0.39, 0.29) is 23.0 Å². The molecule has 158 valence electrons. The smallest absolute Gasteiger partial charge is 0.261 e. The molecule has 0 aliphatic heterocycles. The van der Waals surface area contributed by atoms with Crippen molar-refractivity contribution in [2.75, 3.05) is 11.8 Å². The van der Waals surface area contributed by atoms with Gasteiger partial charge in [-0.05, 0) is 42.0 Å². The van der Waals surface area contributed by atoms with E-state index in [9.17, 15) is 13.2 Å². The van der Waals surface area contributed by atoms with Crippen LogP contribution in [0.3, 0.4) is 0 Å². The van der Waals surface area contributed by atoms with Crippen LogP contribution in [-0.4, -0.2) is 41.8 Å². The molecule has 0 aliphatic carbocycles. The summed E-state index contributed by atoms with van der Waals surface area (Å²) < 4.78 is 32.9. The number of nitrogens with zero attached hydrogens (tertiary/aromatic N) is 3. The average Bonchev–Trinajstić information content (AvgIpc) is 3.26. The van der Waals surface area contributed by atoms with Gasteiger partial charge in [-0.15, -0.1) is 0 Å². The molecule has 31 heavy (non-hydrogen) atoms. The van der Waals surface area contributed by atoms with Gasteiger partial charge < -0.3 is 10.1 Å². The van der Waals surface area contributed by atoms with Gasteiger partial charge in [-0.1, -0.05) is 12.1 Å². The predicted octanol–water partition coefficient (Wildman–Crippen LogP) is 2.09. The molecule has 0 unspecified atom stereocenters. The van der Waals surface area contributed by atoms with Gasteiger partial charge in [-0.2, -0.15) is 15.4 Å². The van der Waals surface area contributed by atoms with Crippen LogP contribution >= 0.6 is 0 Å². The summed E-state index contributed by atoms with van der Waals surface area (Å²) in [5.41, 5.74) is 2.37. The number of pyridine rings is 1. The van der Waals surface area contributed by atoms with E-state index in [1.54, 1.807) is 42.6 Å². The van der Waals surface area contributed by atoms with E-state index in [2.05, 4.69) is 30.4 Å². The standard InChI is InChI=1S/C20H18N6O4S/c1-30-19-8-5-13(11-21-19)12-22-20(27)14-3-2-4-15(9-14)25-31(28,29)16-6-7-17-18(10-16)24-26-23-17/h2-11,25H,12H2,1H3,(H,22,27)(H,23,24,26). The van der Waals surface area contributed by atoms with Gasteiger partial charge in [0.1, 0.15) is 11.0 Å². The number of methoxy groups -OCH3 is 1. The van der Waals surface area contributed by atoms with Crippen LogP contribution in [0.4, 0.5) is 5.69 Å². The predicted molar refractivity (Wildman–Crippen MR) is 113 cm³/mol. The highest BCUT2D eigenvalue weighted by molar-refractivity contribution is 7.92. The lowest BCUT2D eigenvalue weighted by atomic mass is 10.2. The van der Waals surface area contributed by atoms with Gasteiger partial charge in [0, 0.05) is 30.1 Å². The number of rotatable bonds is 7. The van der Waals surface area contributed by atoms with Crippen LogP contribution in [0, 0.1) is 0 Å². The number of anilines is 1. The first kappa shape index (κ1) is 20.3. The number of benzene rings is 2. The number of sulfonamides is 1. The molecule has 1 amide bonds. The highest BCUT2D eigenvalue weighted by Gasteiger charge is 2.16. The van der Waals surface area contributed by atoms with Crippen molar-refractivity contribution in [3.05, 3.63) is 71.9 Å². The van der Waals surface area contributed by atoms with E-state index < -0.39 is 10.0 Å². The molecule has 3 N–H and O–H groups in total. The minimum Gasteiger partial charge on any atom is -0.481 e. The monoisotopic (exact) mass is 438 g/mol. The molecule has 0 atom stereocenters. The first-order chi connectivity index (χ1) is 14.9. The largest absolute Gasteiger partial charge is 0.481 e. The molecular weight excluding hydrogens is 420 g/mol. The maximum Gasteiger partial charge on any atom is 0.261 e. The van der Waals surface area contributed by atoms with E-state index in [1.165, 1.54) is 25.3 Å². The highest BCUT2D eigenvalue weighted by atomic mass is 32.2. The van der Waals surface area contributed by atoms with Gasteiger partial charge in [-0.3, -0.25) is 9.52 Å². The molecule has 0 bridgehead atoms. The first-order valence-corrected chi connectivity index (χ1v) is 10.6. The number of carbonyl (C=O) groups excluding carboxylic acids is 1. The van der Waals surface area contributed by atoms with Gasteiger partial charge in [0.15, 0.2) is 0 Å². The second kappa shape index (κ2) is 8.40. The Balaban J connectivity index is 1.46. The molecular formula is C20H18N6O4S. The number of ether oxygens (including phenoxy) is 1. The highest BCUT2D eigenvalue weighted by Crippen LogP contribution is 2.20. The molecule has 0 radical (unpaired) electrons. The number of fused-ring (bicyclic) bond motifs is 1. The zero-order valence-corrected chi connectivity index (χ0v) is 17.2. The number of aromatic nitrogens is 4. The molecule has 2 heterocycles. The second-order valence-corrected chi connectivity index (χ2v) is 8.23. The van der Waals surface area contributed by atoms with Crippen LogP contribution < -0.4 is 14.8 Å². The number of hydrogen-bond donors (Lipinski definition) is 3. The number of hydrogen-bond acceptors (Lipinski definition) is 7. The Morgan fingerprint density at radius 2 is 1.90 bits per heavy atom. The maximum absolute atomic E-state index is 12.7. The first-order valence-electron chi connectivity index (χ1n) is 9.15. The Bertz CT molecular complexity index is 1340. The topological polar surface area (TPSA) is 139 Å². The fourth-order valence-electron chi connectivity index (χ4n) is 2.85. The Morgan fingerprint density at radius 1 is 1.06 bits per heavy atom. The van der Waals surface area contributed by atoms with Crippen LogP contribution in [0.1, 0.15) is 15.9 Å². The Kier molecular flexibility index (Phi) is 5.50. The second-order valence-electron chi connectivity index (χ2n) is 6.55. The molecule has 0 fully saturated rings. The average molecular weight is 438 g/mol. The summed E-state index contributed by atoms with van der Waals surface area (Å²) in [4.78, 5) is 16.6. The molecule has 4 aromatic rings. The SMILES string of the molecule is COc1ccc(CNC(=O)c2cccc(NS(=O)(=O)c3ccc4n[nH]nc4c3)c2)cn1. The zero-order chi connectivity index (χ0) is 21.8. The van der Waals surface area contributed by atoms with E-state index >= 15 is 0 Å². The number of nitrogens with one attached hydrogen (secondary N) is 3. The lowest BCUT2D eigenvalue weighted by Gasteiger charge is -2.10. The van der Waals surface area contributed by atoms with Crippen LogP contribution in [0.25, 0.3) is 11.0 Å². The third-order valence-electron chi connectivity index (χ3n) is 4.43. The molecule has 2 aromatic carbocycles. The fourth-order valence-corrected chi connectivity index (χ4v) is 3.91. The van der Waals surface area contributed by atoms with Crippen molar-refractivity contribution in [1.82, 2.24) is 25.7 Å². The molecule has 0 saturated heterocycles. The van der Waals surface area contributed by atoms with Crippen molar-refractivity contribution in [3.63, 3.8) is 0 Å². The van der Waals surface area contributed by atoms with Crippen molar-refractivity contribution in [1.29, 1.82) is 0 Å². The summed E-state index contributed by atoms with van der Waals surface area (Å²) in [6.45, 7) is 0.267. The van der Waals surface area contributed by atoms with E-state index in [1.807, 2.05) is 0 Å². The van der Waals surface area contributed by atoms with Crippen LogP contribution in [0.5, 0.6) is 5.88 Å². The summed E-state index contributed by atoms with van der Waals surface area (Å²) in [5, 5.41) is 13.0. The minimum atomic E-state index is -3.87. The van der Waals surface area contributed by atoms with Crippen molar-refractivity contribution >= 4 is 32.7 Å². The van der Waals surface area contributed by atoms with Gasteiger partial charge >= 0.3 is 0 Å². The summed E-state index contributed by atoms with van der Waals surface area (Å²) in [5.74, 6) is 0.138. The summed E-state index contributed by atoms with van der Waals surface area (Å²) in [6, 6.07) is 14.1. The Morgan fingerprint density at radius 3 is 2.68 bits per heavy atom. The summed E-state index contributed by atoms with van der Waals surface area (Å²) in [6.07, 6.45) is 1.61. The lowest BCUT2D eigenvalue weighted by molar-refractivity contribution is 0.0951. The molecule has 4 rings (SSSR count). The number of aromatic amines is 1. The Labute approximate surface area is 177 Å². The van der Waals surface area contributed by atoms with E-state index in [0.29, 0.717) is 22.5 Å². The molecule has 0 aliphatic rings. The van der Waals surface area contributed by atoms with Crippen molar-refractivity contribution in [2.24, 2.45) is 0 Å². The molecule has 10 nitrogen and oxygen atoms in total. The number of H-pyrrole nitrogens is 1. The molecule has 0 spiro atoms. The van der Waals surface area contributed by atoms with Gasteiger partial charge in [0.2, 0.25) is 5.88 Å². The summed E-state index contributed by atoms with van der Waals surface area (Å²) >= 11 is 0. The molecule has 11 heteroatoms. The normalized spacial score (nSPS) is 11.3. The van der Waals surface area contributed by atoms with E-state index in [4.69, 9.17) is 4.74 Å². The van der Waals surface area contributed by atoms with Crippen LogP contribution in [0.2, 0.25) is 0 Å².